The van der Waals surface area contributed by atoms with Crippen LogP contribution < -0.4 is 0 Å². The molecule has 1 saturated heterocycles. The van der Waals surface area contributed by atoms with Crippen molar-refractivity contribution >= 4 is 17.2 Å². The van der Waals surface area contributed by atoms with Crippen LogP contribution in [0.2, 0.25) is 0 Å². The molecule has 3 aromatic rings. The maximum Gasteiger partial charge on any atom is 0.263 e. The Kier molecular flexibility index (Phi) is 4.56. The van der Waals surface area contributed by atoms with E-state index in [1.165, 1.54) is 11.3 Å². The van der Waals surface area contributed by atoms with Crippen molar-refractivity contribution in [2.24, 2.45) is 5.92 Å². The van der Waals surface area contributed by atoms with Crippen LogP contribution in [0, 0.1) is 5.92 Å². The molecular formula is C18H18N4O2S. The maximum atomic E-state index is 12.5. The molecule has 0 bridgehead atoms. The van der Waals surface area contributed by atoms with Crippen molar-refractivity contribution in [2.75, 3.05) is 13.1 Å². The third-order valence-electron chi connectivity index (χ3n) is 4.39. The van der Waals surface area contributed by atoms with Crippen molar-refractivity contribution in [3.05, 3.63) is 52.7 Å². The van der Waals surface area contributed by atoms with Crippen LogP contribution in [0.5, 0.6) is 0 Å². The Balaban J connectivity index is 1.41. The highest BCUT2D eigenvalue weighted by Gasteiger charge is 2.26. The van der Waals surface area contributed by atoms with E-state index in [1.807, 2.05) is 34.5 Å². The fourth-order valence-electron chi connectivity index (χ4n) is 3.17. The van der Waals surface area contributed by atoms with Gasteiger partial charge in [0.05, 0.1) is 10.4 Å². The Bertz CT molecular complexity index is 832. The molecule has 0 aromatic carbocycles. The largest absolute Gasteiger partial charge is 0.338 e. The summed E-state index contributed by atoms with van der Waals surface area (Å²) in [7, 11) is 0. The van der Waals surface area contributed by atoms with E-state index in [2.05, 4.69) is 15.1 Å². The number of likely N-dealkylation sites (tertiary alicyclic amines) is 1. The lowest BCUT2D eigenvalue weighted by molar-refractivity contribution is 0.0677. The van der Waals surface area contributed by atoms with Gasteiger partial charge in [-0.25, -0.2) is 0 Å². The maximum absolute atomic E-state index is 12.5. The molecular weight excluding hydrogens is 336 g/mol. The van der Waals surface area contributed by atoms with Crippen LogP contribution in [-0.4, -0.2) is 39.0 Å². The number of carbonyl (C=O) groups is 1. The van der Waals surface area contributed by atoms with Gasteiger partial charge in [-0.2, -0.15) is 4.98 Å². The topological polar surface area (TPSA) is 72.1 Å². The Morgan fingerprint density at radius 1 is 1.36 bits per heavy atom. The van der Waals surface area contributed by atoms with Crippen LogP contribution in [0.1, 0.15) is 28.3 Å². The van der Waals surface area contributed by atoms with E-state index in [0.717, 1.165) is 42.8 Å². The molecule has 1 fully saturated rings. The number of aromatic nitrogens is 3. The van der Waals surface area contributed by atoms with Gasteiger partial charge in [-0.15, -0.1) is 11.3 Å². The fourth-order valence-corrected chi connectivity index (χ4v) is 3.86. The number of carbonyl (C=O) groups excluding carboxylic acids is 1. The van der Waals surface area contributed by atoms with Crippen LogP contribution in [-0.2, 0) is 6.42 Å². The van der Waals surface area contributed by atoms with E-state index < -0.39 is 0 Å². The summed E-state index contributed by atoms with van der Waals surface area (Å²) in [5.41, 5.74) is 0.819. The van der Waals surface area contributed by atoms with Gasteiger partial charge >= 0.3 is 0 Å². The number of hydrogen-bond donors (Lipinski definition) is 0. The lowest BCUT2D eigenvalue weighted by atomic mass is 9.94. The Hall–Kier alpha value is -2.54. The number of hydrogen-bond acceptors (Lipinski definition) is 6. The average molecular weight is 354 g/mol. The molecule has 1 unspecified atom stereocenters. The molecule has 4 heterocycles. The molecule has 4 rings (SSSR count). The molecule has 1 aliphatic heterocycles. The van der Waals surface area contributed by atoms with Crippen LogP contribution in [0.25, 0.3) is 11.5 Å². The summed E-state index contributed by atoms with van der Waals surface area (Å²) in [5, 5.41) is 6.03. The molecule has 0 radical (unpaired) electrons. The Morgan fingerprint density at radius 3 is 3.12 bits per heavy atom. The molecule has 0 spiro atoms. The molecule has 0 aliphatic carbocycles. The van der Waals surface area contributed by atoms with E-state index in [4.69, 9.17) is 4.52 Å². The molecule has 1 amide bonds. The monoisotopic (exact) mass is 354 g/mol. The van der Waals surface area contributed by atoms with Crippen molar-refractivity contribution in [1.82, 2.24) is 20.0 Å². The quantitative estimate of drug-likeness (QED) is 0.719. The van der Waals surface area contributed by atoms with E-state index >= 15 is 0 Å². The highest BCUT2D eigenvalue weighted by atomic mass is 32.1. The van der Waals surface area contributed by atoms with Gasteiger partial charge in [0.2, 0.25) is 0 Å². The third-order valence-corrected chi connectivity index (χ3v) is 5.24. The minimum absolute atomic E-state index is 0.129. The smallest absolute Gasteiger partial charge is 0.263 e. The summed E-state index contributed by atoms with van der Waals surface area (Å²) in [5.74, 6) is 1.67. The lowest BCUT2D eigenvalue weighted by Gasteiger charge is -2.32. The second kappa shape index (κ2) is 7.14. The zero-order valence-electron chi connectivity index (χ0n) is 13.7. The summed E-state index contributed by atoms with van der Waals surface area (Å²) in [4.78, 5) is 23.8. The molecule has 6 nitrogen and oxygen atoms in total. The average Bonchev–Trinajstić information content (AvgIpc) is 3.34. The highest BCUT2D eigenvalue weighted by molar-refractivity contribution is 7.12. The fraction of sp³-hybridized carbons (Fsp3) is 0.333. The van der Waals surface area contributed by atoms with Crippen molar-refractivity contribution in [3.8, 4) is 11.5 Å². The van der Waals surface area contributed by atoms with Gasteiger partial charge in [0.25, 0.3) is 11.8 Å². The molecule has 1 atom stereocenters. The number of nitrogens with zero attached hydrogens (tertiary/aromatic N) is 4. The summed E-state index contributed by atoms with van der Waals surface area (Å²) in [6.45, 7) is 1.56. The molecule has 0 saturated carbocycles. The van der Waals surface area contributed by atoms with Crippen molar-refractivity contribution < 1.29 is 9.32 Å². The zero-order chi connectivity index (χ0) is 17.1. The minimum Gasteiger partial charge on any atom is -0.338 e. The first-order chi connectivity index (χ1) is 12.3. The summed E-state index contributed by atoms with van der Waals surface area (Å²) in [6.07, 6.45) is 6.22. The van der Waals surface area contributed by atoms with Crippen LogP contribution in [0.3, 0.4) is 0 Å². The zero-order valence-corrected chi connectivity index (χ0v) is 14.5. The molecule has 128 valence electrons. The second-order valence-corrected chi connectivity index (χ2v) is 7.15. The van der Waals surface area contributed by atoms with Gasteiger partial charge in [-0.3, -0.25) is 9.78 Å². The van der Waals surface area contributed by atoms with Gasteiger partial charge in [0.1, 0.15) is 0 Å². The first-order valence-electron chi connectivity index (χ1n) is 8.35. The number of amides is 1. The van der Waals surface area contributed by atoms with Gasteiger partial charge < -0.3 is 9.42 Å². The minimum atomic E-state index is 0.129. The molecule has 25 heavy (non-hydrogen) atoms. The van der Waals surface area contributed by atoms with E-state index in [9.17, 15) is 4.79 Å². The number of rotatable bonds is 4. The number of pyridine rings is 1. The van der Waals surface area contributed by atoms with Crippen LogP contribution >= 0.6 is 11.3 Å². The Labute approximate surface area is 149 Å². The third kappa shape index (κ3) is 3.61. The standard InChI is InChI=1S/C18H18N4O2S/c23-18(15-6-3-9-25-15)22-8-2-4-13(12-22)10-16-20-17(24-21-16)14-5-1-7-19-11-14/h1,3,5-7,9,11,13H,2,4,8,10,12H2. The number of thiophene rings is 1. The molecule has 7 heteroatoms. The van der Waals surface area contributed by atoms with E-state index in [1.54, 1.807) is 12.4 Å². The van der Waals surface area contributed by atoms with E-state index in [0.29, 0.717) is 17.6 Å². The predicted octanol–water partition coefficient (Wildman–Crippen LogP) is 3.29. The normalized spacial score (nSPS) is 17.6. The first-order valence-corrected chi connectivity index (χ1v) is 9.23. The van der Waals surface area contributed by atoms with Gasteiger partial charge in [-0.05, 0) is 42.3 Å². The van der Waals surface area contributed by atoms with Gasteiger partial charge in [-0.1, -0.05) is 11.2 Å². The summed E-state index contributed by atoms with van der Waals surface area (Å²) < 4.78 is 5.35. The van der Waals surface area contributed by atoms with E-state index in [-0.39, 0.29) is 5.91 Å². The van der Waals surface area contributed by atoms with Crippen LogP contribution in [0.4, 0.5) is 0 Å². The Morgan fingerprint density at radius 2 is 2.32 bits per heavy atom. The summed E-state index contributed by atoms with van der Waals surface area (Å²) >= 11 is 1.49. The molecule has 1 aliphatic rings. The SMILES string of the molecule is O=C(c1cccs1)N1CCCC(Cc2noc(-c3cccnc3)n2)C1. The summed E-state index contributed by atoms with van der Waals surface area (Å²) in [6, 6.07) is 7.54. The molecule has 0 N–H and O–H groups in total. The first kappa shape index (κ1) is 16.0. The van der Waals surface area contributed by atoms with Gasteiger partial charge in [0, 0.05) is 31.9 Å². The highest BCUT2D eigenvalue weighted by Crippen LogP contribution is 2.24. The van der Waals surface area contributed by atoms with Crippen molar-refractivity contribution in [1.29, 1.82) is 0 Å². The predicted molar refractivity (Wildman–Crippen MR) is 94.2 cm³/mol. The second-order valence-electron chi connectivity index (χ2n) is 6.20. The van der Waals surface area contributed by atoms with Crippen LogP contribution in [0.15, 0.2) is 46.6 Å². The van der Waals surface area contributed by atoms with Gasteiger partial charge in [0.15, 0.2) is 5.82 Å². The lowest BCUT2D eigenvalue weighted by Crippen LogP contribution is -2.40. The number of piperidine rings is 1. The van der Waals surface area contributed by atoms with Crippen molar-refractivity contribution in [2.45, 2.75) is 19.3 Å². The molecule has 3 aromatic heterocycles. The van der Waals surface area contributed by atoms with Crippen molar-refractivity contribution in [3.63, 3.8) is 0 Å².